The Morgan fingerprint density at radius 2 is 2.24 bits per heavy atom. The minimum absolute atomic E-state index is 0.680. The zero-order chi connectivity index (χ0) is 15.1. The number of piperidine rings is 1. The summed E-state index contributed by atoms with van der Waals surface area (Å²) in [5.41, 5.74) is 1.20. The van der Waals surface area contributed by atoms with E-state index in [0.717, 1.165) is 24.9 Å². The number of hydrogen-bond donors (Lipinski definition) is 1. The van der Waals surface area contributed by atoms with Crippen molar-refractivity contribution in [3.8, 4) is 5.75 Å². The summed E-state index contributed by atoms with van der Waals surface area (Å²) in [4.78, 5) is 2.62. The van der Waals surface area contributed by atoms with Crippen molar-refractivity contribution in [2.75, 3.05) is 26.7 Å². The van der Waals surface area contributed by atoms with Crippen molar-refractivity contribution < 1.29 is 4.74 Å². The number of rotatable bonds is 7. The van der Waals surface area contributed by atoms with Crippen molar-refractivity contribution in [2.24, 2.45) is 0 Å². The second-order valence-corrected chi connectivity index (χ2v) is 6.29. The number of halogens is 1. The fraction of sp³-hybridized carbons (Fsp3) is 0.647. The zero-order valence-electron chi connectivity index (χ0n) is 13.2. The maximum Gasteiger partial charge on any atom is 0.137 e. The quantitative estimate of drug-likeness (QED) is 0.777. The lowest BCUT2D eigenvalue weighted by Gasteiger charge is -2.33. The van der Waals surface area contributed by atoms with Gasteiger partial charge >= 0.3 is 0 Å². The number of benzene rings is 1. The first-order chi connectivity index (χ1) is 10.2. The smallest absolute Gasteiger partial charge is 0.137 e. The van der Waals surface area contributed by atoms with Gasteiger partial charge in [-0.2, -0.15) is 0 Å². The van der Waals surface area contributed by atoms with Crippen LogP contribution in [0.1, 0.15) is 38.2 Å². The molecule has 0 bridgehead atoms. The second-order valence-electron chi connectivity index (χ2n) is 5.88. The van der Waals surface area contributed by atoms with Crippen LogP contribution in [-0.4, -0.2) is 37.7 Å². The van der Waals surface area contributed by atoms with Crippen LogP contribution in [0.5, 0.6) is 5.75 Å². The predicted molar refractivity (Wildman–Crippen MR) is 89.2 cm³/mol. The molecule has 1 aliphatic heterocycles. The van der Waals surface area contributed by atoms with Gasteiger partial charge in [-0.15, -0.1) is 0 Å². The summed E-state index contributed by atoms with van der Waals surface area (Å²) in [5, 5.41) is 4.17. The number of likely N-dealkylation sites (tertiary alicyclic amines) is 1. The highest BCUT2D eigenvalue weighted by Gasteiger charge is 2.16. The van der Waals surface area contributed by atoms with E-state index in [4.69, 9.17) is 16.3 Å². The fourth-order valence-corrected chi connectivity index (χ4v) is 3.23. The van der Waals surface area contributed by atoms with Crippen LogP contribution < -0.4 is 10.1 Å². The van der Waals surface area contributed by atoms with E-state index in [1.165, 1.54) is 44.3 Å². The van der Waals surface area contributed by atoms with E-state index in [-0.39, 0.29) is 0 Å². The number of hydrogen-bond acceptors (Lipinski definition) is 3. The van der Waals surface area contributed by atoms with Crippen LogP contribution in [0.15, 0.2) is 18.2 Å². The zero-order valence-corrected chi connectivity index (χ0v) is 14.0. The summed E-state index contributed by atoms with van der Waals surface area (Å²) in [7, 11) is 1.64. The Kier molecular flexibility index (Phi) is 6.81. The highest BCUT2D eigenvalue weighted by atomic mass is 35.5. The molecule has 2 rings (SSSR count). The molecule has 1 heterocycles. The lowest BCUT2D eigenvalue weighted by molar-refractivity contribution is 0.159. The highest BCUT2D eigenvalue weighted by molar-refractivity contribution is 6.32. The Morgan fingerprint density at radius 1 is 1.38 bits per heavy atom. The van der Waals surface area contributed by atoms with Gasteiger partial charge < -0.3 is 15.0 Å². The van der Waals surface area contributed by atoms with Crippen LogP contribution in [0.4, 0.5) is 0 Å². The Balaban J connectivity index is 1.64. The molecule has 0 saturated carbocycles. The van der Waals surface area contributed by atoms with E-state index < -0.39 is 0 Å². The maximum absolute atomic E-state index is 6.13. The average Bonchev–Trinajstić information content (AvgIpc) is 2.49. The van der Waals surface area contributed by atoms with Crippen LogP contribution in [-0.2, 0) is 6.54 Å². The number of ether oxygens (including phenoxy) is 1. The minimum atomic E-state index is 0.680. The van der Waals surface area contributed by atoms with Crippen molar-refractivity contribution in [3.05, 3.63) is 28.8 Å². The summed E-state index contributed by atoms with van der Waals surface area (Å²) in [5.74, 6) is 0.736. The van der Waals surface area contributed by atoms with Gasteiger partial charge in [0, 0.05) is 12.6 Å². The molecule has 0 aromatic heterocycles. The maximum atomic E-state index is 6.13. The molecule has 0 amide bonds. The van der Waals surface area contributed by atoms with Gasteiger partial charge in [0.05, 0.1) is 12.1 Å². The van der Waals surface area contributed by atoms with Gasteiger partial charge in [-0.25, -0.2) is 0 Å². The lowest BCUT2D eigenvalue weighted by atomic mass is 10.0. The molecule has 0 spiro atoms. The molecule has 1 aliphatic rings. The molecule has 1 N–H and O–H groups in total. The molecule has 1 aromatic rings. The molecule has 118 valence electrons. The van der Waals surface area contributed by atoms with Crippen molar-refractivity contribution >= 4 is 11.6 Å². The molecule has 0 radical (unpaired) electrons. The minimum Gasteiger partial charge on any atom is -0.495 e. The van der Waals surface area contributed by atoms with E-state index in [1.54, 1.807) is 7.11 Å². The molecule has 4 heteroatoms. The largest absolute Gasteiger partial charge is 0.495 e. The molecular weight excluding hydrogens is 284 g/mol. The Hall–Kier alpha value is -0.770. The van der Waals surface area contributed by atoms with E-state index >= 15 is 0 Å². The third-order valence-corrected chi connectivity index (χ3v) is 4.58. The van der Waals surface area contributed by atoms with E-state index in [9.17, 15) is 0 Å². The van der Waals surface area contributed by atoms with Gasteiger partial charge in [-0.3, -0.25) is 0 Å². The lowest BCUT2D eigenvalue weighted by Crippen LogP contribution is -2.38. The molecule has 1 fully saturated rings. The van der Waals surface area contributed by atoms with Gasteiger partial charge in [0.1, 0.15) is 5.75 Å². The molecule has 1 aromatic carbocycles. The first-order valence-electron chi connectivity index (χ1n) is 7.98. The monoisotopic (exact) mass is 310 g/mol. The molecule has 3 nitrogen and oxygen atoms in total. The number of nitrogens with zero attached hydrogens (tertiary/aromatic N) is 1. The third-order valence-electron chi connectivity index (χ3n) is 4.28. The standard InChI is InChI=1S/C17H27ClN2O/c1-14-6-3-4-10-20(14)11-5-9-19-13-15-7-8-17(21-2)16(18)12-15/h7-8,12,14,19H,3-6,9-11,13H2,1-2H3. The van der Waals surface area contributed by atoms with Crippen molar-refractivity contribution in [1.82, 2.24) is 10.2 Å². The third kappa shape index (κ3) is 5.17. The van der Waals surface area contributed by atoms with Gasteiger partial charge in [0.25, 0.3) is 0 Å². The van der Waals surface area contributed by atoms with Crippen LogP contribution >= 0.6 is 11.6 Å². The molecule has 1 saturated heterocycles. The summed E-state index contributed by atoms with van der Waals surface area (Å²) >= 11 is 6.13. The van der Waals surface area contributed by atoms with Gasteiger partial charge in [-0.1, -0.05) is 24.1 Å². The Labute approximate surface area is 133 Å². The number of nitrogens with one attached hydrogen (secondary N) is 1. The summed E-state index contributed by atoms with van der Waals surface area (Å²) in [6.45, 7) is 6.74. The SMILES string of the molecule is COc1ccc(CNCCCN2CCCCC2C)cc1Cl. The summed E-state index contributed by atoms with van der Waals surface area (Å²) < 4.78 is 5.16. The highest BCUT2D eigenvalue weighted by Crippen LogP contribution is 2.24. The van der Waals surface area contributed by atoms with Gasteiger partial charge in [0.15, 0.2) is 0 Å². The van der Waals surface area contributed by atoms with E-state index in [2.05, 4.69) is 23.2 Å². The molecule has 1 unspecified atom stereocenters. The van der Waals surface area contributed by atoms with Crippen molar-refractivity contribution in [2.45, 2.75) is 45.2 Å². The Morgan fingerprint density at radius 3 is 2.95 bits per heavy atom. The molecule has 1 atom stereocenters. The van der Waals surface area contributed by atoms with Gasteiger partial charge in [-0.05, 0) is 63.5 Å². The summed E-state index contributed by atoms with van der Waals surface area (Å²) in [6, 6.07) is 6.72. The van der Waals surface area contributed by atoms with Crippen LogP contribution in [0.3, 0.4) is 0 Å². The first kappa shape index (κ1) is 16.6. The summed E-state index contributed by atoms with van der Waals surface area (Å²) in [6.07, 6.45) is 5.32. The fourth-order valence-electron chi connectivity index (χ4n) is 2.95. The van der Waals surface area contributed by atoms with E-state index in [0.29, 0.717) is 5.02 Å². The number of methoxy groups -OCH3 is 1. The normalized spacial score (nSPS) is 19.7. The van der Waals surface area contributed by atoms with Crippen molar-refractivity contribution in [1.29, 1.82) is 0 Å². The first-order valence-corrected chi connectivity index (χ1v) is 8.35. The topological polar surface area (TPSA) is 24.5 Å². The average molecular weight is 311 g/mol. The van der Waals surface area contributed by atoms with Crippen LogP contribution in [0, 0.1) is 0 Å². The molecular formula is C17H27ClN2O. The van der Waals surface area contributed by atoms with Crippen LogP contribution in [0.25, 0.3) is 0 Å². The van der Waals surface area contributed by atoms with E-state index in [1.807, 2.05) is 12.1 Å². The Bertz CT molecular complexity index is 439. The van der Waals surface area contributed by atoms with Crippen molar-refractivity contribution in [3.63, 3.8) is 0 Å². The van der Waals surface area contributed by atoms with Gasteiger partial charge in [0.2, 0.25) is 0 Å². The predicted octanol–water partition coefficient (Wildman–Crippen LogP) is 3.70. The van der Waals surface area contributed by atoms with Crippen LogP contribution in [0.2, 0.25) is 5.02 Å². The second kappa shape index (κ2) is 8.62. The molecule has 21 heavy (non-hydrogen) atoms. The molecule has 0 aliphatic carbocycles.